The minimum absolute atomic E-state index is 0.0739. The van der Waals surface area contributed by atoms with Gasteiger partial charge in [-0.2, -0.15) is 0 Å². The van der Waals surface area contributed by atoms with Gasteiger partial charge in [0.25, 0.3) is 0 Å². The van der Waals surface area contributed by atoms with Crippen molar-refractivity contribution in [2.45, 2.75) is 45.1 Å². The molecule has 4 rings (SSSR count). The molecule has 25 heavy (non-hydrogen) atoms. The number of carbonyl (C=O) groups is 1. The van der Waals surface area contributed by atoms with Gasteiger partial charge in [-0.15, -0.1) is 0 Å². The van der Waals surface area contributed by atoms with Crippen molar-refractivity contribution in [3.05, 3.63) is 35.8 Å². The summed E-state index contributed by atoms with van der Waals surface area (Å²) in [7, 11) is 0. The van der Waals surface area contributed by atoms with E-state index in [1.54, 1.807) is 18.6 Å². The molecule has 1 saturated heterocycles. The largest absolute Gasteiger partial charge is 0.473 e. The summed E-state index contributed by atoms with van der Waals surface area (Å²) in [6.07, 6.45) is 9.23. The van der Waals surface area contributed by atoms with Crippen molar-refractivity contribution in [1.29, 1.82) is 0 Å². The van der Waals surface area contributed by atoms with Gasteiger partial charge in [-0.3, -0.25) is 9.78 Å². The fourth-order valence-corrected chi connectivity index (χ4v) is 3.80. The molecular formula is C18H23N5O2. The van der Waals surface area contributed by atoms with Gasteiger partial charge in [-0.1, -0.05) is 0 Å². The van der Waals surface area contributed by atoms with E-state index < -0.39 is 0 Å². The zero-order valence-corrected chi connectivity index (χ0v) is 14.4. The van der Waals surface area contributed by atoms with E-state index in [-0.39, 0.29) is 17.9 Å². The fourth-order valence-electron chi connectivity index (χ4n) is 3.80. The number of aromatic amines is 1. The first-order valence-electron chi connectivity index (χ1n) is 8.95. The van der Waals surface area contributed by atoms with Gasteiger partial charge < -0.3 is 14.6 Å². The average Bonchev–Trinajstić information content (AvgIpc) is 3.02. The summed E-state index contributed by atoms with van der Waals surface area (Å²) in [5.41, 5.74) is 2.28. The lowest BCUT2D eigenvalue weighted by Gasteiger charge is -2.34. The summed E-state index contributed by atoms with van der Waals surface area (Å²) in [5.74, 6) is 1.85. The summed E-state index contributed by atoms with van der Waals surface area (Å²) in [6, 6.07) is 0. The van der Waals surface area contributed by atoms with Gasteiger partial charge in [0.2, 0.25) is 11.8 Å². The fraction of sp³-hybridized carbons (Fsp3) is 0.556. The second-order valence-electron chi connectivity index (χ2n) is 6.87. The maximum atomic E-state index is 12.9. The molecule has 1 aliphatic heterocycles. The number of aryl methyl sites for hydroxylation is 2. The lowest BCUT2D eigenvalue weighted by Crippen LogP contribution is -2.45. The Balaban J connectivity index is 1.31. The molecule has 1 atom stereocenters. The van der Waals surface area contributed by atoms with Gasteiger partial charge >= 0.3 is 0 Å². The molecule has 2 aliphatic rings. The highest BCUT2D eigenvalue weighted by atomic mass is 16.5. The Labute approximate surface area is 146 Å². The van der Waals surface area contributed by atoms with Crippen molar-refractivity contribution in [3.63, 3.8) is 0 Å². The molecule has 7 nitrogen and oxygen atoms in total. The van der Waals surface area contributed by atoms with Crippen LogP contribution < -0.4 is 4.74 Å². The summed E-state index contributed by atoms with van der Waals surface area (Å²) in [5, 5.41) is 0. The van der Waals surface area contributed by atoms with Gasteiger partial charge in [-0.05, 0) is 19.8 Å². The number of aromatic nitrogens is 4. The number of imidazole rings is 1. The van der Waals surface area contributed by atoms with Crippen LogP contribution in [-0.4, -0.2) is 49.9 Å². The summed E-state index contributed by atoms with van der Waals surface area (Å²) in [6.45, 7) is 3.46. The van der Waals surface area contributed by atoms with Crippen LogP contribution in [-0.2, 0) is 17.6 Å². The first-order valence-corrected chi connectivity index (χ1v) is 8.95. The number of nitrogens with zero attached hydrogens (tertiary/aromatic N) is 4. The highest BCUT2D eigenvalue weighted by Gasteiger charge is 2.32. The average molecular weight is 341 g/mol. The number of piperidine rings is 1. The number of fused-ring (bicyclic) bond motifs is 1. The number of likely N-dealkylation sites (tertiary alicyclic amines) is 1. The van der Waals surface area contributed by atoms with Gasteiger partial charge in [0.05, 0.1) is 11.9 Å². The van der Waals surface area contributed by atoms with Crippen LogP contribution in [0.3, 0.4) is 0 Å². The third-order valence-electron chi connectivity index (χ3n) is 5.09. The van der Waals surface area contributed by atoms with Gasteiger partial charge in [-0.25, -0.2) is 9.97 Å². The van der Waals surface area contributed by atoms with E-state index in [2.05, 4.69) is 19.9 Å². The van der Waals surface area contributed by atoms with E-state index in [9.17, 15) is 4.79 Å². The normalized spacial score (nSPS) is 21.0. The van der Waals surface area contributed by atoms with Gasteiger partial charge in [0.1, 0.15) is 11.9 Å². The van der Waals surface area contributed by atoms with Gasteiger partial charge in [0.15, 0.2) is 0 Å². The number of H-pyrrole nitrogens is 1. The molecule has 0 radical (unpaired) electrons. The number of hydrogen-bond acceptors (Lipinski definition) is 5. The van der Waals surface area contributed by atoms with Crippen LogP contribution in [0, 0.1) is 12.8 Å². The van der Waals surface area contributed by atoms with Crippen molar-refractivity contribution >= 4 is 5.91 Å². The maximum Gasteiger partial charge on any atom is 0.232 e. The molecule has 1 fully saturated rings. The number of rotatable bonds is 3. The highest BCUT2D eigenvalue weighted by Crippen LogP contribution is 2.27. The van der Waals surface area contributed by atoms with Crippen LogP contribution in [0.2, 0.25) is 0 Å². The predicted molar refractivity (Wildman–Crippen MR) is 91.1 cm³/mol. The van der Waals surface area contributed by atoms with Crippen molar-refractivity contribution < 1.29 is 9.53 Å². The second kappa shape index (κ2) is 6.82. The number of ether oxygens (including phenoxy) is 1. The zero-order chi connectivity index (χ0) is 17.2. The molecule has 1 aliphatic carbocycles. The van der Waals surface area contributed by atoms with Crippen LogP contribution in [0.1, 0.15) is 36.5 Å². The molecule has 0 saturated carbocycles. The second-order valence-corrected chi connectivity index (χ2v) is 6.87. The Bertz CT molecular complexity index is 737. The van der Waals surface area contributed by atoms with E-state index >= 15 is 0 Å². The van der Waals surface area contributed by atoms with Gasteiger partial charge in [0, 0.05) is 56.4 Å². The molecule has 2 aromatic heterocycles. The standard InChI is InChI=1S/C18H23N5O2/c1-12-21-15-3-2-13(10-16(15)22-12)18(24)23-8-4-14(5-9-23)25-17-11-19-6-7-20-17/h6-7,11,13-14H,2-5,8-10H2,1H3,(H,21,22). The predicted octanol–water partition coefficient (Wildman–Crippen LogP) is 1.68. The Hall–Kier alpha value is -2.44. The van der Waals surface area contributed by atoms with Crippen molar-refractivity contribution in [1.82, 2.24) is 24.8 Å². The molecule has 1 unspecified atom stereocenters. The van der Waals surface area contributed by atoms with Crippen LogP contribution in [0.25, 0.3) is 0 Å². The molecule has 1 N–H and O–H groups in total. The molecule has 132 valence electrons. The Morgan fingerprint density at radius 3 is 2.88 bits per heavy atom. The Morgan fingerprint density at radius 2 is 2.12 bits per heavy atom. The minimum Gasteiger partial charge on any atom is -0.473 e. The van der Waals surface area contributed by atoms with Crippen molar-refractivity contribution in [2.75, 3.05) is 13.1 Å². The monoisotopic (exact) mass is 341 g/mol. The van der Waals surface area contributed by atoms with Crippen LogP contribution in [0.4, 0.5) is 0 Å². The van der Waals surface area contributed by atoms with E-state index in [0.717, 1.165) is 62.4 Å². The molecule has 2 aromatic rings. The maximum absolute atomic E-state index is 12.9. The molecule has 0 spiro atoms. The van der Waals surface area contributed by atoms with Crippen molar-refractivity contribution in [3.8, 4) is 5.88 Å². The topological polar surface area (TPSA) is 84.0 Å². The van der Waals surface area contributed by atoms with Crippen LogP contribution >= 0.6 is 0 Å². The van der Waals surface area contributed by atoms with Crippen LogP contribution in [0.15, 0.2) is 18.6 Å². The first-order chi connectivity index (χ1) is 12.2. The van der Waals surface area contributed by atoms with Crippen molar-refractivity contribution in [2.24, 2.45) is 5.92 Å². The summed E-state index contributed by atoms with van der Waals surface area (Å²) < 4.78 is 5.85. The minimum atomic E-state index is 0.0739. The molecule has 3 heterocycles. The molecule has 7 heteroatoms. The number of nitrogens with one attached hydrogen (secondary N) is 1. The molecule has 1 amide bonds. The molecular weight excluding hydrogens is 318 g/mol. The lowest BCUT2D eigenvalue weighted by atomic mass is 9.88. The number of carbonyl (C=O) groups excluding carboxylic acids is 1. The SMILES string of the molecule is Cc1nc2c([nH]1)CC(C(=O)N1CCC(Oc3cnccn3)CC1)CC2. The third-order valence-corrected chi connectivity index (χ3v) is 5.09. The third kappa shape index (κ3) is 3.50. The van der Waals surface area contributed by atoms with E-state index in [0.29, 0.717) is 5.88 Å². The van der Waals surface area contributed by atoms with E-state index in [1.807, 2.05) is 11.8 Å². The molecule has 0 bridgehead atoms. The Morgan fingerprint density at radius 1 is 1.28 bits per heavy atom. The Kier molecular flexibility index (Phi) is 4.38. The molecule has 0 aromatic carbocycles. The smallest absolute Gasteiger partial charge is 0.232 e. The zero-order valence-electron chi connectivity index (χ0n) is 14.4. The highest BCUT2D eigenvalue weighted by molar-refractivity contribution is 5.79. The number of amides is 1. The van der Waals surface area contributed by atoms with Crippen LogP contribution in [0.5, 0.6) is 5.88 Å². The lowest BCUT2D eigenvalue weighted by molar-refractivity contribution is -0.137. The summed E-state index contributed by atoms with van der Waals surface area (Å²) >= 11 is 0. The quantitative estimate of drug-likeness (QED) is 0.918. The summed E-state index contributed by atoms with van der Waals surface area (Å²) in [4.78, 5) is 30.8. The van der Waals surface area contributed by atoms with E-state index in [1.165, 1.54) is 0 Å². The first kappa shape index (κ1) is 16.1. The number of hydrogen-bond donors (Lipinski definition) is 1. The van der Waals surface area contributed by atoms with E-state index in [4.69, 9.17) is 4.74 Å².